The van der Waals surface area contributed by atoms with Gasteiger partial charge in [-0.15, -0.1) is 0 Å². The summed E-state index contributed by atoms with van der Waals surface area (Å²) in [5.74, 6) is -0.263. The number of carbonyl (C=O) groups is 1. The molecule has 0 saturated heterocycles. The molecule has 10 heteroatoms. The Bertz CT molecular complexity index is 1630. The molecule has 0 spiro atoms. The molecular formula is C29H25FN4O3S2. The Labute approximate surface area is 234 Å². The van der Waals surface area contributed by atoms with Crippen molar-refractivity contribution in [3.8, 4) is 22.6 Å². The van der Waals surface area contributed by atoms with Gasteiger partial charge < -0.3 is 19.9 Å². The average molecular weight is 561 g/mol. The molecule has 3 aromatic carbocycles. The molecule has 1 atom stereocenters. The van der Waals surface area contributed by atoms with Crippen LogP contribution in [0.15, 0.2) is 77.3 Å². The molecule has 0 bridgehead atoms. The number of thiazole rings is 1. The summed E-state index contributed by atoms with van der Waals surface area (Å²) < 4.78 is 25.1. The smallest absolute Gasteiger partial charge is 0.328 e. The van der Waals surface area contributed by atoms with Crippen molar-refractivity contribution < 1.29 is 18.4 Å². The van der Waals surface area contributed by atoms with E-state index in [0.717, 1.165) is 27.0 Å². The maximum Gasteiger partial charge on any atom is 0.328 e. The van der Waals surface area contributed by atoms with E-state index in [1.165, 1.54) is 30.6 Å². The summed E-state index contributed by atoms with van der Waals surface area (Å²) in [5.41, 5.74) is 4.24. The summed E-state index contributed by atoms with van der Waals surface area (Å²) in [6.07, 6.45) is 0. The Morgan fingerprint density at radius 2 is 1.79 bits per heavy atom. The van der Waals surface area contributed by atoms with Crippen LogP contribution in [-0.2, 0) is 9.53 Å². The molecule has 5 aromatic rings. The van der Waals surface area contributed by atoms with E-state index in [9.17, 15) is 9.18 Å². The summed E-state index contributed by atoms with van der Waals surface area (Å²) in [7, 11) is 1.35. The number of halogens is 1. The van der Waals surface area contributed by atoms with Crippen molar-refractivity contribution in [1.82, 2.24) is 15.5 Å². The minimum atomic E-state index is -0.636. The zero-order valence-electron chi connectivity index (χ0n) is 21.4. The SMILES string of the molecule is COC(=O)[C@@H](NC(=S)c1c(-c2ccc(Nc3nc4ccc(F)cc4s3)cc2)noc1-c1ccccc1)C(C)C. The van der Waals surface area contributed by atoms with E-state index < -0.39 is 12.0 Å². The van der Waals surface area contributed by atoms with Crippen molar-refractivity contribution in [2.45, 2.75) is 19.9 Å². The molecule has 198 valence electrons. The van der Waals surface area contributed by atoms with Gasteiger partial charge in [0.2, 0.25) is 0 Å². The number of fused-ring (bicyclic) bond motifs is 1. The number of hydrogen-bond donors (Lipinski definition) is 2. The van der Waals surface area contributed by atoms with Crippen LogP contribution in [0.1, 0.15) is 19.4 Å². The Morgan fingerprint density at radius 1 is 1.05 bits per heavy atom. The number of thiocarbonyl (C=S) groups is 1. The summed E-state index contributed by atoms with van der Waals surface area (Å²) in [4.78, 5) is 17.3. The van der Waals surface area contributed by atoms with E-state index in [1.807, 2.05) is 68.4 Å². The molecule has 2 N–H and O–H groups in total. The van der Waals surface area contributed by atoms with Crippen LogP contribution in [0.4, 0.5) is 15.2 Å². The van der Waals surface area contributed by atoms with Gasteiger partial charge in [-0.3, -0.25) is 0 Å². The number of carbonyl (C=O) groups excluding carboxylic acids is 1. The first-order valence-electron chi connectivity index (χ1n) is 12.2. The Kier molecular flexibility index (Phi) is 7.67. The molecule has 0 unspecified atom stereocenters. The quantitative estimate of drug-likeness (QED) is 0.155. The highest BCUT2D eigenvalue weighted by atomic mass is 32.1. The molecule has 7 nitrogen and oxygen atoms in total. The van der Waals surface area contributed by atoms with Gasteiger partial charge in [-0.05, 0) is 36.2 Å². The number of nitrogens with one attached hydrogen (secondary N) is 2. The molecule has 0 saturated carbocycles. The van der Waals surface area contributed by atoms with E-state index in [1.54, 1.807) is 6.07 Å². The van der Waals surface area contributed by atoms with Crippen LogP contribution < -0.4 is 10.6 Å². The number of anilines is 2. The Hall–Kier alpha value is -4.15. The maximum atomic E-state index is 13.6. The summed E-state index contributed by atoms with van der Waals surface area (Å²) in [6.45, 7) is 3.83. The van der Waals surface area contributed by atoms with Crippen molar-refractivity contribution in [2.24, 2.45) is 5.92 Å². The number of methoxy groups -OCH3 is 1. The predicted molar refractivity (Wildman–Crippen MR) is 156 cm³/mol. The normalized spacial score (nSPS) is 11.9. The fourth-order valence-electron chi connectivity index (χ4n) is 4.11. The van der Waals surface area contributed by atoms with Gasteiger partial charge in [-0.2, -0.15) is 0 Å². The van der Waals surface area contributed by atoms with Crippen LogP contribution in [0.2, 0.25) is 0 Å². The van der Waals surface area contributed by atoms with E-state index in [0.29, 0.717) is 27.1 Å². The first-order chi connectivity index (χ1) is 18.8. The van der Waals surface area contributed by atoms with Crippen molar-refractivity contribution in [2.75, 3.05) is 12.4 Å². The lowest BCUT2D eigenvalue weighted by atomic mass is 10.00. The largest absolute Gasteiger partial charge is 0.467 e. The molecule has 0 aliphatic heterocycles. The predicted octanol–water partition coefficient (Wildman–Crippen LogP) is 6.96. The number of ether oxygens (including phenoxy) is 1. The highest BCUT2D eigenvalue weighted by Gasteiger charge is 2.28. The Morgan fingerprint density at radius 3 is 2.49 bits per heavy atom. The first-order valence-corrected chi connectivity index (χ1v) is 13.4. The molecule has 0 amide bonds. The molecule has 2 aromatic heterocycles. The minimum absolute atomic E-state index is 0.0664. The first kappa shape index (κ1) is 26.5. The average Bonchev–Trinajstić information content (AvgIpc) is 3.56. The van der Waals surface area contributed by atoms with Gasteiger partial charge in [0.25, 0.3) is 0 Å². The van der Waals surface area contributed by atoms with Crippen LogP contribution in [0.3, 0.4) is 0 Å². The summed E-state index contributed by atoms with van der Waals surface area (Å²) >= 11 is 7.17. The monoisotopic (exact) mass is 560 g/mol. The lowest BCUT2D eigenvalue weighted by Gasteiger charge is -2.21. The standard InChI is InChI=1S/C29H25FN4O3S2/c1-16(2)24(28(35)36-3)33-27(38)23-25(34-37-26(23)18-7-5-4-6-8-18)17-9-12-20(13-10-17)31-29-32-21-14-11-19(30)15-22(21)39-29/h4-16,24H,1-3H3,(H,31,32)(H,33,38)/t24-/m0/s1. The minimum Gasteiger partial charge on any atom is -0.467 e. The summed E-state index contributed by atoms with van der Waals surface area (Å²) in [5, 5.41) is 11.5. The second kappa shape index (κ2) is 11.3. The van der Waals surface area contributed by atoms with E-state index in [4.69, 9.17) is 21.5 Å². The van der Waals surface area contributed by atoms with Crippen molar-refractivity contribution >= 4 is 55.5 Å². The second-order valence-corrected chi connectivity index (χ2v) is 10.6. The third-order valence-corrected chi connectivity index (χ3v) is 7.38. The van der Waals surface area contributed by atoms with Crippen molar-refractivity contribution in [3.05, 3.63) is 84.2 Å². The molecule has 39 heavy (non-hydrogen) atoms. The van der Waals surface area contributed by atoms with Gasteiger partial charge in [0, 0.05) is 16.8 Å². The second-order valence-electron chi connectivity index (χ2n) is 9.15. The number of aromatic nitrogens is 2. The molecule has 0 aliphatic rings. The van der Waals surface area contributed by atoms with E-state index in [-0.39, 0.29) is 11.7 Å². The Balaban J connectivity index is 1.47. The molecule has 2 heterocycles. The third kappa shape index (κ3) is 5.67. The molecule has 5 rings (SSSR count). The topological polar surface area (TPSA) is 89.3 Å². The van der Waals surface area contributed by atoms with Crippen LogP contribution in [0.5, 0.6) is 0 Å². The number of hydrogen-bond acceptors (Lipinski definition) is 8. The zero-order valence-corrected chi connectivity index (χ0v) is 23.0. The van der Waals surface area contributed by atoms with Gasteiger partial charge in [-0.25, -0.2) is 14.2 Å². The van der Waals surface area contributed by atoms with Crippen molar-refractivity contribution in [3.63, 3.8) is 0 Å². The fraction of sp³-hybridized carbons (Fsp3) is 0.172. The molecule has 0 fully saturated rings. The lowest BCUT2D eigenvalue weighted by molar-refractivity contribution is -0.143. The third-order valence-electron chi connectivity index (χ3n) is 6.12. The fourth-order valence-corrected chi connectivity index (χ4v) is 5.34. The van der Waals surface area contributed by atoms with Crippen LogP contribution in [-0.4, -0.2) is 34.3 Å². The van der Waals surface area contributed by atoms with Crippen LogP contribution in [0, 0.1) is 11.7 Å². The lowest BCUT2D eigenvalue weighted by Crippen LogP contribution is -2.44. The number of esters is 1. The maximum absolute atomic E-state index is 13.6. The van der Waals surface area contributed by atoms with Gasteiger partial charge in [0.1, 0.15) is 22.5 Å². The summed E-state index contributed by atoms with van der Waals surface area (Å²) in [6, 6.07) is 21.0. The van der Waals surface area contributed by atoms with Crippen LogP contribution in [0.25, 0.3) is 32.8 Å². The van der Waals surface area contributed by atoms with E-state index >= 15 is 0 Å². The van der Waals surface area contributed by atoms with Crippen molar-refractivity contribution in [1.29, 1.82) is 0 Å². The molecular weight excluding hydrogens is 535 g/mol. The van der Waals surface area contributed by atoms with E-state index in [2.05, 4.69) is 20.8 Å². The van der Waals surface area contributed by atoms with Gasteiger partial charge in [0.15, 0.2) is 10.9 Å². The molecule has 0 aliphatic carbocycles. The highest BCUT2D eigenvalue weighted by molar-refractivity contribution is 7.80. The number of nitrogens with zero attached hydrogens (tertiary/aromatic N) is 2. The highest BCUT2D eigenvalue weighted by Crippen LogP contribution is 2.34. The van der Waals surface area contributed by atoms with Gasteiger partial charge >= 0.3 is 5.97 Å². The van der Waals surface area contributed by atoms with Gasteiger partial charge in [-0.1, -0.05) is 85.0 Å². The number of rotatable bonds is 8. The van der Waals surface area contributed by atoms with Gasteiger partial charge in [0.05, 0.1) is 22.9 Å². The number of benzene rings is 3. The molecule has 0 radical (unpaired) electrons. The van der Waals surface area contributed by atoms with Crippen LogP contribution >= 0.6 is 23.6 Å². The zero-order chi connectivity index (χ0) is 27.5.